The first kappa shape index (κ1) is 85.6. The van der Waals surface area contributed by atoms with Crippen LogP contribution in [0.1, 0.15) is 223 Å². The van der Waals surface area contributed by atoms with Gasteiger partial charge in [-0.05, 0) is 231 Å². The zero-order valence-corrected chi connectivity index (χ0v) is 72.9. The molecule has 13 rings (SSSR count). The van der Waals surface area contributed by atoms with Crippen molar-refractivity contribution in [3.8, 4) is 33.8 Å². The van der Waals surface area contributed by atoms with Gasteiger partial charge in [-0.2, -0.15) is 0 Å². The number of hydrogen-bond donors (Lipinski definition) is 4. The van der Waals surface area contributed by atoms with Crippen LogP contribution < -0.4 is 25.8 Å². The van der Waals surface area contributed by atoms with Crippen LogP contribution in [0.15, 0.2) is 109 Å². The third-order valence-corrected chi connectivity index (χ3v) is 31.1. The average Bonchev–Trinajstić information content (AvgIpc) is 1.52. The van der Waals surface area contributed by atoms with Crippen LogP contribution in [0.3, 0.4) is 0 Å². The number of amides is 1. The highest BCUT2D eigenvalue weighted by molar-refractivity contribution is 6.73. The Balaban J connectivity index is 0.000000174. The molecule has 4 fully saturated rings. The second kappa shape index (κ2) is 34.6. The van der Waals surface area contributed by atoms with E-state index < -0.39 is 31.8 Å². The quantitative estimate of drug-likeness (QED) is 0.0530. The zero-order chi connectivity index (χ0) is 80.3. The second-order valence-corrected chi connectivity index (χ2v) is 43.4. The Morgan fingerprint density at radius 3 is 1.28 bits per heavy atom. The fourth-order valence-electron chi connectivity index (χ4n) is 18.2. The molecule has 5 N–H and O–H groups in total. The van der Waals surface area contributed by atoms with Crippen LogP contribution in [-0.4, -0.2) is 195 Å². The number of anilines is 3. The fraction of sp³-hybridized carbons (Fsp3) is 0.634. The van der Waals surface area contributed by atoms with E-state index >= 15 is 0 Å². The van der Waals surface area contributed by atoms with Gasteiger partial charge >= 0.3 is 6.09 Å². The summed E-state index contributed by atoms with van der Waals surface area (Å²) < 4.78 is 19.5. The monoisotopic (exact) mass is 1540 g/mol. The molecule has 18 heteroatoms. The van der Waals surface area contributed by atoms with Gasteiger partial charge in [0.05, 0.1) is 54.6 Å². The summed E-state index contributed by atoms with van der Waals surface area (Å²) in [7, 11) is -2.00. The summed E-state index contributed by atoms with van der Waals surface area (Å²) in [4.78, 5) is 42.9. The van der Waals surface area contributed by atoms with Crippen molar-refractivity contribution in [3.63, 3.8) is 0 Å². The highest BCUT2D eigenvalue weighted by atomic mass is 28.4. The largest absolute Gasteiger partial charge is 0.444 e. The van der Waals surface area contributed by atoms with Crippen LogP contribution in [-0.2, 0) is 46.4 Å². The molecule has 3 aromatic heterocycles. The standard InChI is InChI=1S/C41H66N4O4Si.C29H44N4O2.C23H31N3/c1-13-50(14-2,15-3)49-35(34-29-47-41(11,12)45(34)37(46)48-38(4,5)6)28-43-23-25-44(26-24-43)36-18-16-17-33(42-36)30-19-20-31-32(27-30)40(9,10)22-21-39(31,7)8;1-28(2)12-13-29(3,4)23-19-21(10-11-22(23)28)25-7-5-9-27(31-25)33-17-15-32(16-18-33)14-6-8-26(35)24(30)20-34;1-22(2)10-11-23(3,4)19-16-17(8-9-18(19)22)20-6-5-7-21(25-20)26-14-12-24-13-15-26/h16-20,27,34-35H,13-15,21-26,28-29H2,1-12H3;5,7,9-11,19,24,26,34-35H,6,8,12-18,20,30H2,1-4H3;5-9,16,24H,10-15H2,1-4H3/t34-,35+;24-,26+;/m00./s1. The molecular formula is C93H141N11O6Si. The van der Waals surface area contributed by atoms with E-state index in [2.05, 4.69) is 243 Å². The number of carbonyl (C=O) groups is 1. The molecule has 7 aliphatic rings. The molecule has 17 nitrogen and oxygen atoms in total. The van der Waals surface area contributed by atoms with E-state index in [0.717, 1.165) is 151 Å². The number of fused-ring (bicyclic) bond motifs is 3. The third kappa shape index (κ3) is 20.1. The van der Waals surface area contributed by atoms with Crippen LogP contribution in [0, 0.1) is 0 Å². The number of benzene rings is 3. The van der Waals surface area contributed by atoms with E-state index in [4.69, 9.17) is 39.7 Å². The summed E-state index contributed by atoms with van der Waals surface area (Å²) in [5, 5.41) is 22.4. The Bertz CT molecular complexity index is 4090. The molecule has 1 amide bonds. The Kier molecular flexibility index (Phi) is 26.7. The normalized spacial score (nSPS) is 22.0. The zero-order valence-electron chi connectivity index (χ0n) is 71.9. The minimum atomic E-state index is -2.00. The number of pyridine rings is 3. The average molecular weight is 1540 g/mol. The highest BCUT2D eigenvalue weighted by Gasteiger charge is 2.51. The van der Waals surface area contributed by atoms with Crippen molar-refractivity contribution in [1.82, 2.24) is 35.0 Å². The molecule has 0 saturated carbocycles. The molecule has 3 aliphatic carbocycles. The number of nitrogens with zero attached hydrogens (tertiary/aromatic N) is 9. The minimum absolute atomic E-state index is 0.161. The van der Waals surface area contributed by atoms with Gasteiger partial charge in [0.15, 0.2) is 8.32 Å². The van der Waals surface area contributed by atoms with E-state index in [-0.39, 0.29) is 57.3 Å². The van der Waals surface area contributed by atoms with E-state index in [1.807, 2.05) is 39.5 Å². The molecular weight excluding hydrogens is 1400 g/mol. The Morgan fingerprint density at radius 2 is 0.910 bits per heavy atom. The van der Waals surface area contributed by atoms with Crippen LogP contribution in [0.2, 0.25) is 18.1 Å². The van der Waals surface area contributed by atoms with Crippen molar-refractivity contribution in [2.24, 2.45) is 5.73 Å². The van der Waals surface area contributed by atoms with E-state index in [1.54, 1.807) is 0 Å². The van der Waals surface area contributed by atoms with Gasteiger partial charge in [0, 0.05) is 102 Å². The van der Waals surface area contributed by atoms with Crippen molar-refractivity contribution in [2.75, 3.05) is 120 Å². The molecule has 4 saturated heterocycles. The van der Waals surface area contributed by atoms with Crippen LogP contribution in [0.25, 0.3) is 33.8 Å². The number of ether oxygens (including phenoxy) is 2. The lowest BCUT2D eigenvalue weighted by molar-refractivity contribution is -0.0682. The molecule has 3 aromatic carbocycles. The first-order chi connectivity index (χ1) is 52.3. The molecule has 6 aromatic rings. The summed E-state index contributed by atoms with van der Waals surface area (Å²) >= 11 is 0. The minimum Gasteiger partial charge on any atom is -0.444 e. The highest BCUT2D eigenvalue weighted by Crippen LogP contribution is 2.50. The molecule has 0 spiro atoms. The molecule has 7 heterocycles. The van der Waals surface area contributed by atoms with Gasteiger partial charge in [0.1, 0.15) is 28.8 Å². The van der Waals surface area contributed by atoms with Crippen molar-refractivity contribution < 1.29 is 28.9 Å². The Hall–Kier alpha value is -6.32. The van der Waals surface area contributed by atoms with E-state index in [9.17, 15) is 9.90 Å². The topological polar surface area (TPSA) is 181 Å². The molecule has 0 bridgehead atoms. The lowest BCUT2D eigenvalue weighted by Crippen LogP contribution is -2.59. The third-order valence-electron chi connectivity index (χ3n) is 26.5. The van der Waals surface area contributed by atoms with Crippen LogP contribution in [0.5, 0.6) is 0 Å². The van der Waals surface area contributed by atoms with Crippen LogP contribution in [0.4, 0.5) is 22.2 Å². The van der Waals surface area contributed by atoms with Gasteiger partial charge in [-0.1, -0.05) is 158 Å². The Labute approximate surface area is 669 Å². The van der Waals surface area contributed by atoms with E-state index in [0.29, 0.717) is 13.0 Å². The summed E-state index contributed by atoms with van der Waals surface area (Å²) in [6.45, 7) is 58.5. The van der Waals surface area contributed by atoms with Crippen molar-refractivity contribution in [2.45, 2.75) is 276 Å². The van der Waals surface area contributed by atoms with Crippen molar-refractivity contribution in [1.29, 1.82) is 0 Å². The molecule has 0 radical (unpaired) electrons. The summed E-state index contributed by atoms with van der Waals surface area (Å²) in [5.41, 5.74) is 21.3. The molecule has 111 heavy (non-hydrogen) atoms. The summed E-state index contributed by atoms with van der Waals surface area (Å²) in [5.74, 6) is 3.17. The van der Waals surface area contributed by atoms with Gasteiger partial charge in [-0.3, -0.25) is 14.7 Å². The number of aromatic nitrogens is 3. The first-order valence-electron chi connectivity index (χ1n) is 42.5. The number of nitrogens with one attached hydrogen (secondary N) is 1. The maximum atomic E-state index is 13.7. The fourth-order valence-corrected chi connectivity index (χ4v) is 21.1. The smallest absolute Gasteiger partial charge is 0.412 e. The first-order valence-corrected chi connectivity index (χ1v) is 45.0. The van der Waals surface area contributed by atoms with E-state index in [1.165, 1.54) is 88.6 Å². The molecule has 0 unspecified atom stereocenters. The molecule has 608 valence electrons. The van der Waals surface area contributed by atoms with Gasteiger partial charge in [-0.25, -0.2) is 19.7 Å². The second-order valence-electron chi connectivity index (χ2n) is 38.7. The maximum absolute atomic E-state index is 13.7. The maximum Gasteiger partial charge on any atom is 0.412 e. The summed E-state index contributed by atoms with van der Waals surface area (Å²) in [6.07, 6.45) is 7.72. The van der Waals surface area contributed by atoms with Crippen LogP contribution >= 0.6 is 0 Å². The van der Waals surface area contributed by atoms with Gasteiger partial charge in [0.25, 0.3) is 0 Å². The number of aliphatic hydroxyl groups is 2. The molecule has 4 atom stereocenters. The SMILES string of the molecule is CC1(C)CCC(C)(C)c2cc(-c3cccc(N4CCN(CCC[C@@H](O)[C@@H](N)CO)CC4)n3)ccc21.CC1(C)CCC(C)(C)c2cc(-c3cccc(N4CCNCC4)n3)ccc21.CC[Si](CC)(CC)O[C@H](CN1CCN(c2cccc(-c3ccc4c(c3)C(C)(C)CCC4(C)C)n2)CC1)[C@@H]1COC(C)(C)N1C(=O)OC(C)(C)C. The van der Waals surface area contributed by atoms with Gasteiger partial charge in [0.2, 0.25) is 0 Å². The lowest BCUT2D eigenvalue weighted by atomic mass is 9.63. The number of nitrogens with two attached hydrogens (primary N) is 1. The number of carbonyl (C=O) groups excluding carboxylic acids is 1. The predicted octanol–water partition coefficient (Wildman–Crippen LogP) is 17.2. The number of hydrogen-bond acceptors (Lipinski definition) is 16. The number of rotatable bonds is 20. The predicted molar refractivity (Wildman–Crippen MR) is 462 cm³/mol. The summed E-state index contributed by atoms with van der Waals surface area (Å²) in [6, 6.07) is 42.7. The molecule has 4 aliphatic heterocycles. The van der Waals surface area contributed by atoms with Gasteiger partial charge < -0.3 is 49.9 Å². The number of aliphatic hydroxyl groups excluding tert-OH is 2. The number of piperazine rings is 3. The Morgan fingerprint density at radius 1 is 0.541 bits per heavy atom. The van der Waals surface area contributed by atoms with Crippen molar-refractivity contribution in [3.05, 3.63) is 143 Å². The van der Waals surface area contributed by atoms with Crippen molar-refractivity contribution >= 4 is 31.9 Å². The lowest BCUT2D eigenvalue weighted by Gasteiger charge is -2.44. The van der Waals surface area contributed by atoms with Gasteiger partial charge in [-0.15, -0.1) is 0 Å².